The predicted molar refractivity (Wildman–Crippen MR) is 77.7 cm³/mol. The molecule has 2 rings (SSSR count). The Hall–Kier alpha value is -1.95. The largest absolute Gasteiger partial charge is 0.351 e. The Bertz CT molecular complexity index is 528. The number of fused-ring (bicyclic) bond motifs is 1. The first-order chi connectivity index (χ1) is 9.74. The molecule has 0 aliphatic carbocycles. The monoisotopic (exact) mass is 275 g/mol. The minimum Gasteiger partial charge on any atom is -0.351 e. The molecule has 0 spiro atoms. The molecule has 108 valence electrons. The summed E-state index contributed by atoms with van der Waals surface area (Å²) in [6.45, 7) is 8.04. The third kappa shape index (κ3) is 3.54. The molecule has 20 heavy (non-hydrogen) atoms. The predicted octanol–water partition coefficient (Wildman–Crippen LogP) is 1.19. The van der Waals surface area contributed by atoms with Crippen molar-refractivity contribution in [3.8, 4) is 0 Å². The highest BCUT2D eigenvalue weighted by Gasteiger charge is 2.10. The molecule has 2 heterocycles. The fraction of sp³-hybridized carbons (Fsp3) is 0.500. The zero-order chi connectivity index (χ0) is 14.4. The van der Waals surface area contributed by atoms with Crippen LogP contribution in [-0.2, 0) is 0 Å². The standard InChI is InChI=1S/C14H21N5O/c1-3-18(4-2)9-5-8-16-14(20)12-11-13-15-7-6-10-19(13)17-12/h6-7,10-11H,3-5,8-9H2,1-2H3,(H,16,20). The van der Waals surface area contributed by atoms with Crippen molar-refractivity contribution in [2.45, 2.75) is 20.3 Å². The topological polar surface area (TPSA) is 62.5 Å². The Balaban J connectivity index is 1.83. The van der Waals surface area contributed by atoms with Gasteiger partial charge in [0.2, 0.25) is 0 Å². The lowest BCUT2D eigenvalue weighted by Gasteiger charge is -2.17. The van der Waals surface area contributed by atoms with E-state index >= 15 is 0 Å². The molecule has 6 nitrogen and oxygen atoms in total. The molecule has 2 aromatic rings. The Kier molecular flexibility index (Phi) is 5.06. The molecule has 0 aromatic carbocycles. The second-order valence-electron chi connectivity index (χ2n) is 4.59. The fourth-order valence-corrected chi connectivity index (χ4v) is 2.08. The molecular formula is C14H21N5O. The lowest BCUT2D eigenvalue weighted by Crippen LogP contribution is -2.30. The van der Waals surface area contributed by atoms with E-state index < -0.39 is 0 Å². The van der Waals surface area contributed by atoms with Crippen molar-refractivity contribution in [3.05, 3.63) is 30.2 Å². The number of hydrogen-bond donors (Lipinski definition) is 1. The Labute approximate surface area is 118 Å². The molecule has 0 aliphatic rings. The fourth-order valence-electron chi connectivity index (χ4n) is 2.08. The average molecular weight is 275 g/mol. The minimum absolute atomic E-state index is 0.143. The van der Waals surface area contributed by atoms with Crippen LogP contribution in [0.25, 0.3) is 5.65 Å². The summed E-state index contributed by atoms with van der Waals surface area (Å²) in [7, 11) is 0. The highest BCUT2D eigenvalue weighted by atomic mass is 16.1. The van der Waals surface area contributed by atoms with Gasteiger partial charge >= 0.3 is 0 Å². The maximum atomic E-state index is 12.0. The van der Waals surface area contributed by atoms with Crippen molar-refractivity contribution in [2.24, 2.45) is 0 Å². The maximum Gasteiger partial charge on any atom is 0.271 e. The zero-order valence-electron chi connectivity index (χ0n) is 12.0. The van der Waals surface area contributed by atoms with Crippen LogP contribution in [0.3, 0.4) is 0 Å². The molecule has 0 saturated heterocycles. The molecule has 0 radical (unpaired) electrons. The van der Waals surface area contributed by atoms with Gasteiger partial charge in [-0.3, -0.25) is 4.79 Å². The first-order valence-electron chi connectivity index (χ1n) is 7.05. The molecule has 1 N–H and O–H groups in total. The van der Waals surface area contributed by atoms with Gasteiger partial charge in [-0.2, -0.15) is 5.10 Å². The van der Waals surface area contributed by atoms with E-state index in [2.05, 4.69) is 34.1 Å². The summed E-state index contributed by atoms with van der Waals surface area (Å²) < 4.78 is 1.60. The number of nitrogens with zero attached hydrogens (tertiary/aromatic N) is 4. The summed E-state index contributed by atoms with van der Waals surface area (Å²) in [5.74, 6) is -0.143. The van der Waals surface area contributed by atoms with E-state index in [4.69, 9.17) is 0 Å². The van der Waals surface area contributed by atoms with Crippen LogP contribution in [-0.4, -0.2) is 51.6 Å². The number of carbonyl (C=O) groups excluding carboxylic acids is 1. The summed E-state index contributed by atoms with van der Waals surface area (Å²) in [6, 6.07) is 3.48. The summed E-state index contributed by atoms with van der Waals surface area (Å²) in [5.41, 5.74) is 1.09. The molecule has 6 heteroatoms. The molecule has 0 saturated carbocycles. The molecule has 0 unspecified atom stereocenters. The average Bonchev–Trinajstić information content (AvgIpc) is 2.91. The second kappa shape index (κ2) is 7.00. The van der Waals surface area contributed by atoms with E-state index in [0.29, 0.717) is 17.9 Å². The van der Waals surface area contributed by atoms with Gasteiger partial charge in [0.25, 0.3) is 5.91 Å². The van der Waals surface area contributed by atoms with Gasteiger partial charge < -0.3 is 10.2 Å². The van der Waals surface area contributed by atoms with Crippen molar-refractivity contribution in [1.82, 2.24) is 24.8 Å². The van der Waals surface area contributed by atoms with Crippen LogP contribution in [0.4, 0.5) is 0 Å². The summed E-state index contributed by atoms with van der Waals surface area (Å²) in [6.07, 6.45) is 4.40. The van der Waals surface area contributed by atoms with Gasteiger partial charge in [0, 0.05) is 25.0 Å². The van der Waals surface area contributed by atoms with Gasteiger partial charge in [0.1, 0.15) is 0 Å². The van der Waals surface area contributed by atoms with Crippen LogP contribution in [0.1, 0.15) is 30.8 Å². The zero-order valence-corrected chi connectivity index (χ0v) is 12.0. The molecule has 0 atom stereocenters. The van der Waals surface area contributed by atoms with Gasteiger partial charge in [0.05, 0.1) is 0 Å². The quantitative estimate of drug-likeness (QED) is 0.771. The number of hydrogen-bond acceptors (Lipinski definition) is 4. The van der Waals surface area contributed by atoms with Crippen molar-refractivity contribution < 1.29 is 4.79 Å². The lowest BCUT2D eigenvalue weighted by atomic mass is 10.3. The van der Waals surface area contributed by atoms with Crippen molar-refractivity contribution >= 4 is 11.6 Å². The smallest absolute Gasteiger partial charge is 0.271 e. The van der Waals surface area contributed by atoms with Crippen LogP contribution in [0.2, 0.25) is 0 Å². The Morgan fingerprint density at radius 3 is 2.90 bits per heavy atom. The van der Waals surface area contributed by atoms with Crippen molar-refractivity contribution in [3.63, 3.8) is 0 Å². The summed E-state index contributed by atoms with van der Waals surface area (Å²) in [5, 5.41) is 7.08. The van der Waals surface area contributed by atoms with E-state index in [1.165, 1.54) is 0 Å². The van der Waals surface area contributed by atoms with E-state index in [0.717, 1.165) is 26.1 Å². The Morgan fingerprint density at radius 2 is 2.20 bits per heavy atom. The van der Waals surface area contributed by atoms with Crippen LogP contribution >= 0.6 is 0 Å². The number of nitrogens with one attached hydrogen (secondary N) is 1. The maximum absolute atomic E-state index is 12.0. The van der Waals surface area contributed by atoms with Crippen LogP contribution in [0, 0.1) is 0 Å². The SMILES string of the molecule is CCN(CC)CCCNC(=O)c1cc2ncccn2n1. The van der Waals surface area contributed by atoms with Gasteiger partial charge in [-0.1, -0.05) is 13.8 Å². The third-order valence-corrected chi connectivity index (χ3v) is 3.30. The van der Waals surface area contributed by atoms with Crippen molar-refractivity contribution in [1.29, 1.82) is 0 Å². The number of rotatable bonds is 7. The number of amides is 1. The molecular weight excluding hydrogens is 254 g/mol. The lowest BCUT2D eigenvalue weighted by molar-refractivity contribution is 0.0946. The summed E-state index contributed by atoms with van der Waals surface area (Å²) >= 11 is 0. The molecule has 2 aromatic heterocycles. The van der Waals surface area contributed by atoms with Crippen LogP contribution in [0.5, 0.6) is 0 Å². The van der Waals surface area contributed by atoms with Gasteiger partial charge in [-0.05, 0) is 32.1 Å². The number of carbonyl (C=O) groups is 1. The normalized spacial score (nSPS) is 11.2. The van der Waals surface area contributed by atoms with E-state index in [1.54, 1.807) is 29.0 Å². The first kappa shape index (κ1) is 14.5. The molecule has 0 fully saturated rings. The van der Waals surface area contributed by atoms with Gasteiger partial charge in [-0.15, -0.1) is 0 Å². The highest BCUT2D eigenvalue weighted by Crippen LogP contribution is 2.02. The van der Waals surface area contributed by atoms with Crippen molar-refractivity contribution in [2.75, 3.05) is 26.2 Å². The highest BCUT2D eigenvalue weighted by molar-refractivity contribution is 5.93. The van der Waals surface area contributed by atoms with E-state index in [-0.39, 0.29) is 5.91 Å². The van der Waals surface area contributed by atoms with Gasteiger partial charge in [0.15, 0.2) is 11.3 Å². The second-order valence-corrected chi connectivity index (χ2v) is 4.59. The third-order valence-electron chi connectivity index (χ3n) is 3.30. The van der Waals surface area contributed by atoms with E-state index in [9.17, 15) is 4.79 Å². The molecule has 1 amide bonds. The first-order valence-corrected chi connectivity index (χ1v) is 7.05. The van der Waals surface area contributed by atoms with E-state index in [1.807, 2.05) is 0 Å². The van der Waals surface area contributed by atoms with Crippen LogP contribution in [0.15, 0.2) is 24.5 Å². The minimum atomic E-state index is -0.143. The van der Waals surface area contributed by atoms with Gasteiger partial charge in [-0.25, -0.2) is 9.50 Å². The van der Waals surface area contributed by atoms with Crippen LogP contribution < -0.4 is 5.32 Å². The number of aromatic nitrogens is 3. The summed E-state index contributed by atoms with van der Waals surface area (Å²) in [4.78, 5) is 18.4. The molecule has 0 bridgehead atoms. The Morgan fingerprint density at radius 1 is 1.40 bits per heavy atom. The molecule has 0 aliphatic heterocycles.